The minimum absolute atomic E-state index is 0.694. The molecule has 2 aliphatic rings. The Bertz CT molecular complexity index is 989. The number of imidazole rings is 1. The van der Waals surface area contributed by atoms with E-state index in [-0.39, 0.29) is 0 Å². The van der Waals surface area contributed by atoms with Crippen molar-refractivity contribution in [2.45, 2.75) is 38.3 Å². The summed E-state index contributed by atoms with van der Waals surface area (Å²) in [5.41, 5.74) is 5.31. The number of nitriles is 1. The lowest BCUT2D eigenvalue weighted by molar-refractivity contribution is 0.130. The molecule has 4 heteroatoms. The van der Waals surface area contributed by atoms with Crippen LogP contribution in [-0.2, 0) is 13.0 Å². The van der Waals surface area contributed by atoms with Gasteiger partial charge in [0, 0.05) is 32.1 Å². The number of rotatable bonds is 2. The van der Waals surface area contributed by atoms with Gasteiger partial charge in [-0.15, -0.1) is 0 Å². The summed E-state index contributed by atoms with van der Waals surface area (Å²) in [6, 6.07) is 17.3. The average Bonchev–Trinajstić information content (AvgIpc) is 2.86. The van der Waals surface area contributed by atoms with Crippen LogP contribution in [0.4, 0.5) is 0 Å². The third kappa shape index (κ3) is 2.60. The summed E-state index contributed by atoms with van der Waals surface area (Å²) in [7, 11) is 0. The first-order valence-electron chi connectivity index (χ1n) is 9.55. The molecular formula is C22H22N4. The van der Waals surface area contributed by atoms with Crippen LogP contribution in [0.1, 0.15) is 30.7 Å². The Kier molecular flexibility index (Phi) is 3.76. The minimum Gasteiger partial charge on any atom is -0.327 e. The predicted octanol–water partition coefficient (Wildman–Crippen LogP) is 3.99. The number of aromatic nitrogens is 2. The van der Waals surface area contributed by atoms with E-state index in [4.69, 9.17) is 10.2 Å². The number of fused-ring (bicyclic) bond motifs is 3. The molecule has 0 amide bonds. The molecule has 1 aliphatic heterocycles. The Labute approximate surface area is 153 Å². The van der Waals surface area contributed by atoms with Gasteiger partial charge in [0.15, 0.2) is 0 Å². The first kappa shape index (κ1) is 15.6. The van der Waals surface area contributed by atoms with Crippen molar-refractivity contribution >= 4 is 11.0 Å². The number of benzene rings is 2. The second-order valence-corrected chi connectivity index (χ2v) is 7.44. The molecule has 0 unspecified atom stereocenters. The molecule has 1 aliphatic carbocycles. The number of nitrogens with zero attached hydrogens (tertiary/aromatic N) is 4. The molecular weight excluding hydrogens is 320 g/mol. The van der Waals surface area contributed by atoms with Crippen molar-refractivity contribution in [3.8, 4) is 17.2 Å². The van der Waals surface area contributed by atoms with Gasteiger partial charge in [-0.3, -0.25) is 4.90 Å². The van der Waals surface area contributed by atoms with Gasteiger partial charge >= 0.3 is 0 Å². The largest absolute Gasteiger partial charge is 0.327 e. The molecule has 2 heterocycles. The van der Waals surface area contributed by atoms with E-state index in [1.165, 1.54) is 30.6 Å². The lowest BCUT2D eigenvalue weighted by Crippen LogP contribution is -2.41. The molecule has 0 N–H and O–H groups in total. The fraction of sp³-hybridized carbons (Fsp3) is 0.364. The van der Waals surface area contributed by atoms with Crippen LogP contribution in [0, 0.1) is 11.3 Å². The average molecular weight is 342 g/mol. The van der Waals surface area contributed by atoms with Gasteiger partial charge in [-0.05, 0) is 48.2 Å². The normalized spacial score (nSPS) is 18.1. The monoisotopic (exact) mass is 342 g/mol. The van der Waals surface area contributed by atoms with Crippen molar-refractivity contribution in [1.29, 1.82) is 5.26 Å². The highest BCUT2D eigenvalue weighted by atomic mass is 15.2. The van der Waals surface area contributed by atoms with Crippen molar-refractivity contribution in [3.05, 3.63) is 53.9 Å². The molecule has 5 rings (SSSR count). The fourth-order valence-electron chi connectivity index (χ4n) is 4.24. The maximum atomic E-state index is 8.96. The van der Waals surface area contributed by atoms with Gasteiger partial charge < -0.3 is 4.57 Å². The standard InChI is InChI=1S/C22H22N4/c23-15-16-4-6-17(7-5-16)18-8-9-21-20(14-18)24-22-10-11-25(12-13-26(21)22)19-2-1-3-19/h4-9,14,19H,1-3,10-13H2. The van der Waals surface area contributed by atoms with Crippen molar-refractivity contribution in [3.63, 3.8) is 0 Å². The van der Waals surface area contributed by atoms with Crippen molar-refractivity contribution < 1.29 is 0 Å². The molecule has 0 bridgehead atoms. The quantitative estimate of drug-likeness (QED) is 0.707. The van der Waals surface area contributed by atoms with E-state index < -0.39 is 0 Å². The van der Waals surface area contributed by atoms with Gasteiger partial charge in [0.05, 0.1) is 22.7 Å². The SMILES string of the molecule is N#Cc1ccc(-c2ccc3c(c2)nc2n3CCN(C3CCC3)CC2)cc1. The van der Waals surface area contributed by atoms with Crippen LogP contribution in [0.3, 0.4) is 0 Å². The lowest BCUT2D eigenvalue weighted by atomic mass is 9.91. The van der Waals surface area contributed by atoms with Gasteiger partial charge in [0.25, 0.3) is 0 Å². The Morgan fingerprint density at radius 2 is 1.77 bits per heavy atom. The van der Waals surface area contributed by atoms with E-state index in [1.807, 2.05) is 24.3 Å². The Morgan fingerprint density at radius 3 is 2.50 bits per heavy atom. The van der Waals surface area contributed by atoms with Crippen LogP contribution in [0.5, 0.6) is 0 Å². The van der Waals surface area contributed by atoms with E-state index in [0.717, 1.165) is 48.7 Å². The predicted molar refractivity (Wildman–Crippen MR) is 103 cm³/mol. The van der Waals surface area contributed by atoms with E-state index >= 15 is 0 Å². The molecule has 2 aromatic carbocycles. The Morgan fingerprint density at radius 1 is 0.962 bits per heavy atom. The van der Waals surface area contributed by atoms with Gasteiger partial charge in [-0.2, -0.15) is 5.26 Å². The molecule has 26 heavy (non-hydrogen) atoms. The smallest absolute Gasteiger partial charge is 0.111 e. The van der Waals surface area contributed by atoms with Crippen LogP contribution in [0.2, 0.25) is 0 Å². The van der Waals surface area contributed by atoms with Gasteiger partial charge in [-0.25, -0.2) is 4.98 Å². The molecule has 1 aromatic heterocycles. The summed E-state index contributed by atoms with van der Waals surface area (Å²) in [5, 5.41) is 8.96. The number of hydrogen-bond acceptors (Lipinski definition) is 3. The molecule has 0 saturated heterocycles. The van der Waals surface area contributed by atoms with Crippen molar-refractivity contribution in [2.24, 2.45) is 0 Å². The minimum atomic E-state index is 0.694. The molecule has 130 valence electrons. The maximum absolute atomic E-state index is 8.96. The summed E-state index contributed by atoms with van der Waals surface area (Å²) in [4.78, 5) is 7.62. The summed E-state index contributed by atoms with van der Waals surface area (Å²) < 4.78 is 2.41. The topological polar surface area (TPSA) is 44.9 Å². The Hall–Kier alpha value is -2.64. The highest BCUT2D eigenvalue weighted by molar-refractivity contribution is 5.82. The van der Waals surface area contributed by atoms with Crippen molar-refractivity contribution in [2.75, 3.05) is 13.1 Å². The number of hydrogen-bond donors (Lipinski definition) is 0. The zero-order valence-electron chi connectivity index (χ0n) is 14.9. The maximum Gasteiger partial charge on any atom is 0.111 e. The van der Waals surface area contributed by atoms with Crippen LogP contribution in [0.25, 0.3) is 22.2 Å². The molecule has 1 saturated carbocycles. The summed E-state index contributed by atoms with van der Waals surface area (Å²) in [6.07, 6.45) is 5.18. The molecule has 1 fully saturated rings. The van der Waals surface area contributed by atoms with Crippen LogP contribution in [-0.4, -0.2) is 33.6 Å². The zero-order chi connectivity index (χ0) is 17.5. The first-order valence-corrected chi connectivity index (χ1v) is 9.55. The summed E-state index contributed by atoms with van der Waals surface area (Å²) in [5.74, 6) is 1.22. The highest BCUT2D eigenvalue weighted by Gasteiger charge is 2.27. The molecule has 4 nitrogen and oxygen atoms in total. The molecule has 3 aromatic rings. The van der Waals surface area contributed by atoms with Crippen LogP contribution in [0.15, 0.2) is 42.5 Å². The fourth-order valence-corrected chi connectivity index (χ4v) is 4.24. The Balaban J connectivity index is 1.45. The van der Waals surface area contributed by atoms with Gasteiger partial charge in [0.1, 0.15) is 5.82 Å². The van der Waals surface area contributed by atoms with E-state index in [0.29, 0.717) is 5.56 Å². The third-order valence-electron chi connectivity index (χ3n) is 6.00. The lowest BCUT2D eigenvalue weighted by Gasteiger charge is -2.36. The van der Waals surface area contributed by atoms with Crippen LogP contribution < -0.4 is 0 Å². The van der Waals surface area contributed by atoms with Gasteiger partial charge in [0.2, 0.25) is 0 Å². The van der Waals surface area contributed by atoms with Crippen molar-refractivity contribution in [1.82, 2.24) is 14.5 Å². The van der Waals surface area contributed by atoms with Gasteiger partial charge in [-0.1, -0.05) is 24.6 Å². The third-order valence-corrected chi connectivity index (χ3v) is 6.00. The molecule has 0 radical (unpaired) electrons. The van der Waals surface area contributed by atoms with Crippen LogP contribution >= 0.6 is 0 Å². The molecule has 0 spiro atoms. The highest BCUT2D eigenvalue weighted by Crippen LogP contribution is 2.29. The second-order valence-electron chi connectivity index (χ2n) is 7.44. The van der Waals surface area contributed by atoms with E-state index in [9.17, 15) is 0 Å². The van der Waals surface area contributed by atoms with E-state index in [2.05, 4.69) is 33.7 Å². The summed E-state index contributed by atoms with van der Waals surface area (Å²) >= 11 is 0. The molecule has 0 atom stereocenters. The second kappa shape index (κ2) is 6.26. The summed E-state index contributed by atoms with van der Waals surface area (Å²) in [6.45, 7) is 3.31. The van der Waals surface area contributed by atoms with E-state index in [1.54, 1.807) is 0 Å². The first-order chi connectivity index (χ1) is 12.8. The zero-order valence-corrected chi connectivity index (χ0v) is 14.9.